The Balaban J connectivity index is 2.05. The molecule has 17 heavy (non-hydrogen) atoms. The predicted octanol–water partition coefficient (Wildman–Crippen LogP) is 1.43. The monoisotopic (exact) mass is 229 g/mol. The van der Waals surface area contributed by atoms with Gasteiger partial charge in [0.05, 0.1) is 5.69 Å². The second-order valence-corrected chi connectivity index (χ2v) is 4.24. The van der Waals surface area contributed by atoms with E-state index in [0.717, 1.165) is 18.7 Å². The van der Waals surface area contributed by atoms with Crippen molar-refractivity contribution in [1.82, 2.24) is 14.5 Å². The van der Waals surface area contributed by atoms with E-state index >= 15 is 0 Å². The Labute approximate surface area is 99.7 Å². The van der Waals surface area contributed by atoms with Crippen molar-refractivity contribution in [2.75, 3.05) is 5.43 Å². The topological polar surface area (TPSA) is 68.8 Å². The highest BCUT2D eigenvalue weighted by Gasteiger charge is 2.16. The van der Waals surface area contributed by atoms with Crippen molar-refractivity contribution in [3.8, 4) is 5.82 Å². The molecule has 3 rings (SSSR count). The Morgan fingerprint density at radius 1 is 1.24 bits per heavy atom. The van der Waals surface area contributed by atoms with Gasteiger partial charge in [0.25, 0.3) is 0 Å². The molecule has 0 aromatic carbocycles. The zero-order valence-electron chi connectivity index (χ0n) is 9.56. The number of imidazole rings is 1. The molecule has 0 saturated heterocycles. The van der Waals surface area contributed by atoms with Crippen molar-refractivity contribution in [2.24, 2.45) is 5.84 Å². The summed E-state index contributed by atoms with van der Waals surface area (Å²) in [6.07, 6.45) is 6.49. The molecule has 2 aromatic rings. The van der Waals surface area contributed by atoms with E-state index < -0.39 is 0 Å². The minimum absolute atomic E-state index is 0.667. The molecule has 88 valence electrons. The summed E-state index contributed by atoms with van der Waals surface area (Å²) in [6, 6.07) is 5.75. The minimum atomic E-state index is 0.667. The van der Waals surface area contributed by atoms with Crippen LogP contribution in [0, 0.1) is 0 Å². The minimum Gasteiger partial charge on any atom is -0.308 e. The zero-order valence-corrected chi connectivity index (χ0v) is 9.56. The third kappa shape index (κ3) is 1.78. The Morgan fingerprint density at radius 2 is 2.12 bits per heavy atom. The normalized spacial score (nSPS) is 14.4. The highest BCUT2D eigenvalue weighted by Crippen LogP contribution is 2.22. The number of nitrogens with zero attached hydrogens (tertiary/aromatic N) is 3. The van der Waals surface area contributed by atoms with Crippen LogP contribution >= 0.6 is 0 Å². The number of nitrogens with one attached hydrogen (secondary N) is 1. The van der Waals surface area contributed by atoms with E-state index in [4.69, 9.17) is 5.84 Å². The lowest BCUT2D eigenvalue weighted by Crippen LogP contribution is -2.11. The first-order valence-electron chi connectivity index (χ1n) is 5.87. The summed E-state index contributed by atoms with van der Waals surface area (Å²) >= 11 is 0. The van der Waals surface area contributed by atoms with Gasteiger partial charge in [-0.2, -0.15) is 0 Å². The van der Waals surface area contributed by atoms with E-state index in [1.165, 1.54) is 24.2 Å². The van der Waals surface area contributed by atoms with Gasteiger partial charge < -0.3 is 5.43 Å². The number of hydrogen-bond acceptors (Lipinski definition) is 4. The van der Waals surface area contributed by atoms with Gasteiger partial charge in [0.15, 0.2) is 0 Å². The lowest BCUT2D eigenvalue weighted by atomic mass is 10.0. The van der Waals surface area contributed by atoms with E-state index in [1.54, 1.807) is 0 Å². The molecule has 0 bridgehead atoms. The Bertz CT molecular complexity index is 531. The fraction of sp³-hybridized carbons (Fsp3) is 0.333. The van der Waals surface area contributed by atoms with Gasteiger partial charge in [-0.3, -0.25) is 4.57 Å². The summed E-state index contributed by atoms with van der Waals surface area (Å²) < 4.78 is 2.06. The van der Waals surface area contributed by atoms with E-state index in [-0.39, 0.29) is 0 Å². The van der Waals surface area contributed by atoms with Crippen LogP contribution in [0.25, 0.3) is 5.82 Å². The molecule has 2 heterocycles. The van der Waals surface area contributed by atoms with Crippen LogP contribution in [0.5, 0.6) is 0 Å². The predicted molar refractivity (Wildman–Crippen MR) is 65.8 cm³/mol. The van der Waals surface area contributed by atoms with E-state index in [2.05, 4.69) is 20.0 Å². The van der Waals surface area contributed by atoms with Gasteiger partial charge in [0.2, 0.25) is 0 Å². The van der Waals surface area contributed by atoms with Crippen molar-refractivity contribution in [3.63, 3.8) is 0 Å². The smallest absolute Gasteiger partial charge is 0.142 e. The summed E-state index contributed by atoms with van der Waals surface area (Å²) in [4.78, 5) is 8.89. The van der Waals surface area contributed by atoms with Crippen molar-refractivity contribution in [1.29, 1.82) is 0 Å². The number of aromatic nitrogens is 3. The maximum Gasteiger partial charge on any atom is 0.142 e. The van der Waals surface area contributed by atoms with E-state index in [1.807, 2.05) is 24.5 Å². The summed E-state index contributed by atoms with van der Waals surface area (Å²) in [7, 11) is 0. The highest BCUT2D eigenvalue weighted by molar-refractivity contribution is 5.40. The molecule has 1 aliphatic rings. The molecule has 5 nitrogen and oxygen atoms in total. The number of fused-ring (bicyclic) bond motifs is 1. The molecule has 0 unspecified atom stereocenters. The Morgan fingerprint density at radius 3 is 3.00 bits per heavy atom. The van der Waals surface area contributed by atoms with Crippen LogP contribution in [0.4, 0.5) is 5.82 Å². The molecule has 0 atom stereocenters. The molecule has 2 aromatic heterocycles. The van der Waals surface area contributed by atoms with Crippen LogP contribution in [-0.4, -0.2) is 14.5 Å². The van der Waals surface area contributed by atoms with Crippen LogP contribution in [0.2, 0.25) is 0 Å². The highest BCUT2D eigenvalue weighted by atomic mass is 15.3. The molecule has 3 N–H and O–H groups in total. The van der Waals surface area contributed by atoms with Gasteiger partial charge >= 0.3 is 0 Å². The summed E-state index contributed by atoms with van der Waals surface area (Å²) in [5.41, 5.74) is 5.07. The maximum absolute atomic E-state index is 5.37. The second-order valence-electron chi connectivity index (χ2n) is 4.24. The Kier molecular flexibility index (Phi) is 2.53. The van der Waals surface area contributed by atoms with Crippen molar-refractivity contribution < 1.29 is 0 Å². The first kappa shape index (κ1) is 10.3. The lowest BCUT2D eigenvalue weighted by molar-refractivity contribution is 0.654. The molecule has 0 amide bonds. The molecule has 5 heteroatoms. The largest absolute Gasteiger partial charge is 0.308 e. The average molecular weight is 229 g/mol. The number of hydrazine groups is 1. The Hall–Kier alpha value is -1.88. The number of nitrogens with two attached hydrogens (primary N) is 1. The van der Waals surface area contributed by atoms with Gasteiger partial charge in [-0.15, -0.1) is 0 Å². The van der Waals surface area contributed by atoms with Crippen LogP contribution in [0.15, 0.2) is 24.5 Å². The SMILES string of the molecule is NNc1cccc(-n2cnc3c2CCCC3)n1. The van der Waals surface area contributed by atoms with Crippen LogP contribution in [0.1, 0.15) is 24.2 Å². The fourth-order valence-electron chi connectivity index (χ4n) is 2.30. The van der Waals surface area contributed by atoms with Crippen LogP contribution < -0.4 is 11.3 Å². The standard InChI is InChI=1S/C12H15N5/c13-16-11-6-3-7-12(15-11)17-8-14-9-4-1-2-5-10(9)17/h3,6-8H,1-2,4-5,13H2,(H,15,16). The fourth-order valence-corrected chi connectivity index (χ4v) is 2.30. The average Bonchev–Trinajstić information content (AvgIpc) is 2.82. The molecule has 1 aliphatic carbocycles. The third-order valence-electron chi connectivity index (χ3n) is 3.16. The van der Waals surface area contributed by atoms with E-state index in [9.17, 15) is 0 Å². The first-order chi connectivity index (χ1) is 8.38. The summed E-state index contributed by atoms with van der Waals surface area (Å²) in [5, 5.41) is 0. The first-order valence-corrected chi connectivity index (χ1v) is 5.87. The van der Waals surface area contributed by atoms with E-state index in [0.29, 0.717) is 5.82 Å². The van der Waals surface area contributed by atoms with Crippen molar-refractivity contribution >= 4 is 5.82 Å². The molecular weight excluding hydrogens is 214 g/mol. The molecule has 0 radical (unpaired) electrons. The number of anilines is 1. The molecular formula is C12H15N5. The molecule has 0 aliphatic heterocycles. The number of pyridine rings is 1. The number of rotatable bonds is 2. The van der Waals surface area contributed by atoms with Gasteiger partial charge in [-0.25, -0.2) is 15.8 Å². The number of aryl methyl sites for hydroxylation is 1. The summed E-state index contributed by atoms with van der Waals surface area (Å²) in [5.74, 6) is 6.91. The van der Waals surface area contributed by atoms with Crippen LogP contribution in [-0.2, 0) is 12.8 Å². The third-order valence-corrected chi connectivity index (χ3v) is 3.16. The van der Waals surface area contributed by atoms with Gasteiger partial charge in [0, 0.05) is 5.69 Å². The van der Waals surface area contributed by atoms with Crippen molar-refractivity contribution in [2.45, 2.75) is 25.7 Å². The van der Waals surface area contributed by atoms with Crippen LogP contribution in [0.3, 0.4) is 0 Å². The zero-order chi connectivity index (χ0) is 11.7. The number of nitrogen functional groups attached to an aromatic ring is 1. The van der Waals surface area contributed by atoms with Crippen molar-refractivity contribution in [3.05, 3.63) is 35.9 Å². The molecule has 0 saturated carbocycles. The second kappa shape index (κ2) is 4.18. The lowest BCUT2D eigenvalue weighted by Gasteiger charge is -2.13. The van der Waals surface area contributed by atoms with Gasteiger partial charge in [-0.1, -0.05) is 6.07 Å². The molecule has 0 fully saturated rings. The number of hydrogen-bond donors (Lipinski definition) is 2. The van der Waals surface area contributed by atoms with Gasteiger partial charge in [-0.05, 0) is 37.8 Å². The van der Waals surface area contributed by atoms with Gasteiger partial charge in [0.1, 0.15) is 18.0 Å². The summed E-state index contributed by atoms with van der Waals surface area (Å²) in [6.45, 7) is 0. The molecule has 0 spiro atoms. The quantitative estimate of drug-likeness (QED) is 0.604. The maximum atomic E-state index is 5.37.